The van der Waals surface area contributed by atoms with Gasteiger partial charge in [0.05, 0.1) is 25.3 Å². The van der Waals surface area contributed by atoms with E-state index in [1.165, 1.54) is 0 Å². The molecule has 0 spiro atoms. The van der Waals surface area contributed by atoms with Gasteiger partial charge in [-0.1, -0.05) is 0 Å². The Morgan fingerprint density at radius 1 is 1.11 bits per heavy atom. The second-order valence-electron chi connectivity index (χ2n) is 5.02. The summed E-state index contributed by atoms with van der Waals surface area (Å²) in [7, 11) is 3.18. The maximum Gasteiger partial charge on any atom is 0.490 e. The van der Waals surface area contributed by atoms with Gasteiger partial charge >= 0.3 is 12.1 Å². The number of alkyl halides is 3. The lowest BCUT2D eigenvalue weighted by molar-refractivity contribution is -0.192. The highest BCUT2D eigenvalue weighted by atomic mass is 19.4. The van der Waals surface area contributed by atoms with Crippen molar-refractivity contribution in [1.29, 1.82) is 0 Å². The number of carboxylic acid groups (broad SMARTS) is 1. The molecule has 0 aliphatic carbocycles. The van der Waals surface area contributed by atoms with Gasteiger partial charge in [0, 0.05) is 18.5 Å². The van der Waals surface area contributed by atoms with Crippen LogP contribution in [0.2, 0.25) is 0 Å². The van der Waals surface area contributed by atoms with Crippen LogP contribution in [-0.4, -0.2) is 46.7 Å². The molecule has 11 heteroatoms. The number of carbonyl (C=O) groups is 1. The molecule has 0 saturated heterocycles. The third-order valence-electron chi connectivity index (χ3n) is 3.22. The van der Waals surface area contributed by atoms with Crippen LogP contribution in [0.4, 0.5) is 13.2 Å². The average Bonchev–Trinajstić information content (AvgIpc) is 3.18. The van der Waals surface area contributed by atoms with Gasteiger partial charge in [-0.2, -0.15) is 13.2 Å². The molecule has 1 aromatic carbocycles. The topological polar surface area (TPSA) is 108 Å². The molecule has 148 valence electrons. The molecule has 0 aliphatic heterocycles. The lowest BCUT2D eigenvalue weighted by atomic mass is 10.2. The minimum absolute atomic E-state index is 0.383. The van der Waals surface area contributed by atoms with Gasteiger partial charge in [-0.05, 0) is 24.3 Å². The SMILES string of the molecule is COc1ccc(-c2nnc(-c3cccnc3)o2)c(OC)c1.O=C(O)C(F)(F)F. The number of methoxy groups -OCH3 is 2. The summed E-state index contributed by atoms with van der Waals surface area (Å²) in [5.41, 5.74) is 1.48. The molecule has 3 aromatic rings. The molecule has 0 fully saturated rings. The number of rotatable bonds is 4. The van der Waals surface area contributed by atoms with Crippen molar-refractivity contribution < 1.29 is 37.0 Å². The van der Waals surface area contributed by atoms with E-state index >= 15 is 0 Å². The normalized spacial score (nSPS) is 10.6. The molecule has 0 radical (unpaired) electrons. The van der Waals surface area contributed by atoms with Crippen molar-refractivity contribution >= 4 is 5.97 Å². The van der Waals surface area contributed by atoms with Crippen molar-refractivity contribution in [3.63, 3.8) is 0 Å². The second-order valence-corrected chi connectivity index (χ2v) is 5.02. The first-order valence-electron chi connectivity index (χ1n) is 7.52. The van der Waals surface area contributed by atoms with Crippen molar-refractivity contribution in [2.75, 3.05) is 14.2 Å². The Labute approximate surface area is 156 Å². The van der Waals surface area contributed by atoms with E-state index in [1.54, 1.807) is 32.7 Å². The predicted molar refractivity (Wildman–Crippen MR) is 89.8 cm³/mol. The highest BCUT2D eigenvalue weighted by Gasteiger charge is 2.38. The van der Waals surface area contributed by atoms with Crippen LogP contribution in [0.1, 0.15) is 0 Å². The number of hydrogen-bond acceptors (Lipinski definition) is 7. The van der Waals surface area contributed by atoms with Gasteiger partial charge in [0.1, 0.15) is 11.5 Å². The van der Waals surface area contributed by atoms with E-state index in [0.29, 0.717) is 28.8 Å². The zero-order chi connectivity index (χ0) is 20.7. The molecule has 0 atom stereocenters. The molecule has 3 rings (SSSR count). The van der Waals surface area contributed by atoms with Gasteiger partial charge in [-0.25, -0.2) is 4.79 Å². The van der Waals surface area contributed by atoms with E-state index in [4.69, 9.17) is 23.8 Å². The zero-order valence-electron chi connectivity index (χ0n) is 14.6. The fourth-order valence-corrected chi connectivity index (χ4v) is 1.91. The number of aliphatic carboxylic acids is 1. The van der Waals surface area contributed by atoms with Gasteiger partial charge in [0.15, 0.2) is 0 Å². The molecule has 0 amide bonds. The van der Waals surface area contributed by atoms with Crippen LogP contribution in [0, 0.1) is 0 Å². The van der Waals surface area contributed by atoms with Crippen LogP contribution in [0.25, 0.3) is 22.9 Å². The molecule has 1 N–H and O–H groups in total. The zero-order valence-corrected chi connectivity index (χ0v) is 14.6. The van der Waals surface area contributed by atoms with Gasteiger partial charge < -0.3 is 19.0 Å². The van der Waals surface area contributed by atoms with E-state index in [0.717, 1.165) is 5.56 Å². The molecule has 2 aromatic heterocycles. The summed E-state index contributed by atoms with van der Waals surface area (Å²) in [5, 5.41) is 15.2. The fourth-order valence-electron chi connectivity index (χ4n) is 1.91. The number of nitrogens with zero attached hydrogens (tertiary/aromatic N) is 3. The van der Waals surface area contributed by atoms with E-state index in [2.05, 4.69) is 15.2 Å². The van der Waals surface area contributed by atoms with Crippen molar-refractivity contribution in [3.05, 3.63) is 42.7 Å². The number of hydrogen-bond donors (Lipinski definition) is 1. The minimum Gasteiger partial charge on any atom is -0.497 e. The Balaban J connectivity index is 0.000000345. The number of pyridine rings is 1. The van der Waals surface area contributed by atoms with Crippen LogP contribution in [-0.2, 0) is 4.79 Å². The standard InChI is InChI=1S/C15H13N3O3.C2HF3O2/c1-19-11-5-6-12(13(8-11)20-2)15-18-17-14(21-15)10-4-3-7-16-9-10;3-2(4,5)1(6)7/h3-9H,1-2H3;(H,6,7). The maximum absolute atomic E-state index is 10.6. The number of halogens is 3. The monoisotopic (exact) mass is 397 g/mol. The van der Waals surface area contributed by atoms with E-state index in [9.17, 15) is 13.2 Å². The minimum atomic E-state index is -5.08. The Morgan fingerprint density at radius 2 is 1.79 bits per heavy atom. The van der Waals surface area contributed by atoms with Gasteiger partial charge in [0.2, 0.25) is 5.89 Å². The van der Waals surface area contributed by atoms with Gasteiger partial charge in [-0.15, -0.1) is 10.2 Å². The van der Waals surface area contributed by atoms with Crippen LogP contribution >= 0.6 is 0 Å². The highest BCUT2D eigenvalue weighted by molar-refractivity contribution is 5.73. The number of benzene rings is 1. The van der Waals surface area contributed by atoms with Crippen molar-refractivity contribution in [2.45, 2.75) is 6.18 Å². The number of aromatic nitrogens is 3. The lowest BCUT2D eigenvalue weighted by Crippen LogP contribution is -2.21. The summed E-state index contributed by atoms with van der Waals surface area (Å²) in [6, 6.07) is 9.07. The largest absolute Gasteiger partial charge is 0.497 e. The predicted octanol–water partition coefficient (Wildman–Crippen LogP) is 3.45. The van der Waals surface area contributed by atoms with Crippen LogP contribution in [0.3, 0.4) is 0 Å². The third kappa shape index (κ3) is 5.19. The molecule has 8 nitrogen and oxygen atoms in total. The Kier molecular flexibility index (Phi) is 6.53. The molecule has 0 aliphatic rings. The Morgan fingerprint density at radius 3 is 2.32 bits per heavy atom. The van der Waals surface area contributed by atoms with Gasteiger partial charge in [-0.3, -0.25) is 4.98 Å². The first kappa shape index (κ1) is 20.7. The van der Waals surface area contributed by atoms with E-state index in [1.807, 2.05) is 24.3 Å². The lowest BCUT2D eigenvalue weighted by Gasteiger charge is -2.07. The Hall–Kier alpha value is -3.63. The molecule has 28 heavy (non-hydrogen) atoms. The molecule has 2 heterocycles. The summed E-state index contributed by atoms with van der Waals surface area (Å²) >= 11 is 0. The highest BCUT2D eigenvalue weighted by Crippen LogP contribution is 2.33. The van der Waals surface area contributed by atoms with Crippen LogP contribution in [0.5, 0.6) is 11.5 Å². The second kappa shape index (κ2) is 8.84. The summed E-state index contributed by atoms with van der Waals surface area (Å²) in [6.45, 7) is 0. The van der Waals surface area contributed by atoms with Crippen LogP contribution < -0.4 is 9.47 Å². The summed E-state index contributed by atoms with van der Waals surface area (Å²) in [6.07, 6.45) is -1.73. The van der Waals surface area contributed by atoms with Crippen LogP contribution in [0.15, 0.2) is 47.1 Å². The fraction of sp³-hybridized carbons (Fsp3) is 0.176. The third-order valence-corrected chi connectivity index (χ3v) is 3.22. The molecule has 0 unspecified atom stereocenters. The summed E-state index contributed by atoms with van der Waals surface area (Å²) in [4.78, 5) is 12.9. The molecular weight excluding hydrogens is 383 g/mol. The van der Waals surface area contributed by atoms with E-state index < -0.39 is 12.1 Å². The quantitative estimate of drug-likeness (QED) is 0.713. The molecular formula is C17H14F3N3O5. The van der Waals surface area contributed by atoms with E-state index in [-0.39, 0.29) is 0 Å². The van der Waals surface area contributed by atoms with Crippen molar-refractivity contribution in [2.24, 2.45) is 0 Å². The van der Waals surface area contributed by atoms with Crippen molar-refractivity contribution in [1.82, 2.24) is 15.2 Å². The number of carboxylic acids is 1. The smallest absolute Gasteiger partial charge is 0.490 e. The molecule has 0 bridgehead atoms. The van der Waals surface area contributed by atoms with Crippen molar-refractivity contribution in [3.8, 4) is 34.4 Å². The molecule has 0 saturated carbocycles. The Bertz CT molecular complexity index is 929. The average molecular weight is 397 g/mol. The van der Waals surface area contributed by atoms with Gasteiger partial charge in [0.25, 0.3) is 5.89 Å². The summed E-state index contributed by atoms with van der Waals surface area (Å²) < 4.78 is 47.9. The first-order chi connectivity index (χ1) is 13.3. The maximum atomic E-state index is 10.6. The summed E-state index contributed by atoms with van der Waals surface area (Å²) in [5.74, 6) is -0.657. The number of ether oxygens (including phenoxy) is 2. The first-order valence-corrected chi connectivity index (χ1v) is 7.52.